The van der Waals surface area contributed by atoms with E-state index >= 15 is 0 Å². The van der Waals surface area contributed by atoms with Crippen LogP contribution in [0.2, 0.25) is 0 Å². The second-order valence-corrected chi connectivity index (χ2v) is 6.60. The lowest BCUT2D eigenvalue weighted by Crippen LogP contribution is -2.22. The minimum absolute atomic E-state index is 0.00279. The Morgan fingerprint density at radius 1 is 1.32 bits per heavy atom. The third-order valence-corrected chi connectivity index (χ3v) is 4.10. The summed E-state index contributed by atoms with van der Waals surface area (Å²) in [5.41, 5.74) is 2.70. The van der Waals surface area contributed by atoms with Gasteiger partial charge in [-0.25, -0.2) is 0 Å². The van der Waals surface area contributed by atoms with Gasteiger partial charge in [-0.3, -0.25) is 9.48 Å². The highest BCUT2D eigenvalue weighted by atomic mass is 16.1. The molecule has 8 heteroatoms. The lowest BCUT2D eigenvalue weighted by molar-refractivity contribution is 0.373. The van der Waals surface area contributed by atoms with Gasteiger partial charge in [-0.15, -0.1) is 0 Å². The van der Waals surface area contributed by atoms with E-state index in [1.165, 1.54) is 10.7 Å². The third-order valence-electron chi connectivity index (χ3n) is 4.10. The maximum atomic E-state index is 12.9. The average Bonchev–Trinajstić information content (AvgIpc) is 3.18. The van der Waals surface area contributed by atoms with E-state index in [9.17, 15) is 10.1 Å². The number of fused-ring (bicyclic) bond motifs is 1. The molecule has 0 bridgehead atoms. The van der Waals surface area contributed by atoms with Gasteiger partial charge in [0.25, 0.3) is 5.56 Å². The summed E-state index contributed by atoms with van der Waals surface area (Å²) in [6, 6.07) is 2.06. The minimum Gasteiger partial charge on any atom is -0.338 e. The van der Waals surface area contributed by atoms with Gasteiger partial charge in [-0.1, -0.05) is 13.8 Å². The van der Waals surface area contributed by atoms with Crippen molar-refractivity contribution in [1.82, 2.24) is 29.3 Å². The Kier molecular flexibility index (Phi) is 4.42. The lowest BCUT2D eigenvalue weighted by atomic mass is 10.00. The zero-order chi connectivity index (χ0) is 18.1. The molecule has 0 amide bonds. The smallest absolute Gasteiger partial charge is 0.278 e. The molecule has 0 aromatic carbocycles. The molecule has 3 rings (SSSR count). The first kappa shape index (κ1) is 16.9. The van der Waals surface area contributed by atoms with E-state index in [1.54, 1.807) is 6.20 Å². The molecule has 130 valence electrons. The third kappa shape index (κ3) is 3.06. The van der Waals surface area contributed by atoms with Gasteiger partial charge in [-0.05, 0) is 20.0 Å². The highest BCUT2D eigenvalue weighted by molar-refractivity contribution is 5.67. The van der Waals surface area contributed by atoms with Crippen molar-refractivity contribution in [2.75, 3.05) is 20.6 Å². The van der Waals surface area contributed by atoms with Gasteiger partial charge < -0.3 is 9.88 Å². The van der Waals surface area contributed by atoms with E-state index in [4.69, 9.17) is 0 Å². The van der Waals surface area contributed by atoms with Crippen LogP contribution in [0.3, 0.4) is 0 Å². The molecule has 0 radical (unpaired) electrons. The Morgan fingerprint density at radius 2 is 2.08 bits per heavy atom. The van der Waals surface area contributed by atoms with Gasteiger partial charge in [-0.2, -0.15) is 20.0 Å². The number of nitrogens with one attached hydrogen (secondary N) is 1. The molecule has 0 aliphatic carbocycles. The van der Waals surface area contributed by atoms with Crippen molar-refractivity contribution in [3.05, 3.63) is 40.1 Å². The first-order chi connectivity index (χ1) is 11.9. The van der Waals surface area contributed by atoms with Crippen LogP contribution in [0.25, 0.3) is 16.9 Å². The topological polar surface area (TPSA) is 95.0 Å². The molecule has 0 aliphatic heterocycles. The second kappa shape index (κ2) is 6.53. The van der Waals surface area contributed by atoms with Gasteiger partial charge >= 0.3 is 0 Å². The maximum absolute atomic E-state index is 12.9. The monoisotopic (exact) mass is 339 g/mol. The van der Waals surface area contributed by atoms with E-state index in [0.29, 0.717) is 22.5 Å². The quantitative estimate of drug-likeness (QED) is 0.759. The zero-order valence-electron chi connectivity index (χ0n) is 14.8. The van der Waals surface area contributed by atoms with Crippen LogP contribution in [0.4, 0.5) is 0 Å². The van der Waals surface area contributed by atoms with Crippen LogP contribution in [0, 0.1) is 11.3 Å². The molecule has 0 saturated heterocycles. The van der Waals surface area contributed by atoms with Crippen molar-refractivity contribution in [3.8, 4) is 17.3 Å². The van der Waals surface area contributed by atoms with Crippen molar-refractivity contribution in [3.63, 3.8) is 0 Å². The number of nitrogens with zero attached hydrogens (tertiary/aromatic N) is 6. The Morgan fingerprint density at radius 3 is 2.72 bits per heavy atom. The van der Waals surface area contributed by atoms with Crippen LogP contribution in [0.5, 0.6) is 0 Å². The Hall–Kier alpha value is -2.92. The van der Waals surface area contributed by atoms with E-state index in [2.05, 4.69) is 26.2 Å². The molecule has 0 atom stereocenters. The van der Waals surface area contributed by atoms with Crippen LogP contribution in [0.15, 0.2) is 23.4 Å². The Balaban J connectivity index is 2.16. The lowest BCUT2D eigenvalue weighted by Gasteiger charge is -2.12. The second-order valence-electron chi connectivity index (χ2n) is 6.60. The average molecular weight is 339 g/mol. The molecule has 8 nitrogen and oxygen atoms in total. The molecule has 0 unspecified atom stereocenters. The normalized spacial score (nSPS) is 11.6. The van der Waals surface area contributed by atoms with Crippen molar-refractivity contribution >= 4 is 5.65 Å². The van der Waals surface area contributed by atoms with Gasteiger partial charge in [0.2, 0.25) is 0 Å². The van der Waals surface area contributed by atoms with Crippen LogP contribution >= 0.6 is 0 Å². The first-order valence-corrected chi connectivity index (χ1v) is 8.14. The van der Waals surface area contributed by atoms with Gasteiger partial charge in [0.15, 0.2) is 5.65 Å². The number of aromatic amines is 1. The predicted octanol–water partition coefficient (Wildman–Crippen LogP) is 1.44. The summed E-state index contributed by atoms with van der Waals surface area (Å²) >= 11 is 0. The largest absolute Gasteiger partial charge is 0.338 e. The maximum Gasteiger partial charge on any atom is 0.278 e. The number of hydrogen-bond donors (Lipinski definition) is 1. The SMILES string of the molecule is CC(C)c1c(-c2cnn(CCN(C)C)c2)[nH]c2c(C#N)cnn2c1=O. The van der Waals surface area contributed by atoms with Crippen molar-refractivity contribution in [2.24, 2.45) is 0 Å². The molecule has 3 aromatic rings. The fourth-order valence-electron chi connectivity index (χ4n) is 2.79. The number of nitriles is 1. The number of rotatable bonds is 5. The van der Waals surface area contributed by atoms with Crippen LogP contribution in [-0.4, -0.2) is 49.9 Å². The number of aromatic nitrogens is 5. The molecule has 0 saturated carbocycles. The Bertz CT molecular complexity index is 1000. The molecule has 0 fully saturated rings. The Labute approximate surface area is 145 Å². The molecular weight excluding hydrogens is 318 g/mol. The van der Waals surface area contributed by atoms with Gasteiger partial charge in [0.05, 0.1) is 24.6 Å². The van der Waals surface area contributed by atoms with Gasteiger partial charge in [0.1, 0.15) is 11.6 Å². The van der Waals surface area contributed by atoms with Gasteiger partial charge in [0, 0.05) is 23.9 Å². The zero-order valence-corrected chi connectivity index (χ0v) is 14.8. The van der Waals surface area contributed by atoms with Crippen LogP contribution < -0.4 is 5.56 Å². The van der Waals surface area contributed by atoms with E-state index in [0.717, 1.165) is 18.7 Å². The molecular formula is C17H21N7O. The standard InChI is InChI=1S/C17H21N7O/c1-11(2)14-15(13-9-19-23(10-13)6-5-22(3)4)21-16-12(7-18)8-20-24(16)17(14)25/h8-11,21H,5-6H2,1-4H3. The summed E-state index contributed by atoms with van der Waals surface area (Å²) < 4.78 is 3.11. The highest BCUT2D eigenvalue weighted by Crippen LogP contribution is 2.25. The van der Waals surface area contributed by atoms with Crippen LogP contribution in [-0.2, 0) is 6.54 Å². The summed E-state index contributed by atoms with van der Waals surface area (Å²) in [5, 5.41) is 17.7. The summed E-state index contributed by atoms with van der Waals surface area (Å²) in [5.74, 6) is 0.00279. The highest BCUT2D eigenvalue weighted by Gasteiger charge is 2.20. The summed E-state index contributed by atoms with van der Waals surface area (Å²) in [7, 11) is 4.02. The number of H-pyrrole nitrogens is 1. The van der Waals surface area contributed by atoms with Crippen LogP contribution in [0.1, 0.15) is 30.9 Å². The molecule has 1 N–H and O–H groups in total. The van der Waals surface area contributed by atoms with Crippen molar-refractivity contribution < 1.29 is 0 Å². The van der Waals surface area contributed by atoms with Crippen molar-refractivity contribution in [2.45, 2.75) is 26.3 Å². The summed E-state index contributed by atoms with van der Waals surface area (Å²) in [6.45, 7) is 5.55. The number of likely N-dealkylation sites (N-methyl/N-ethyl adjacent to an activating group) is 1. The van der Waals surface area contributed by atoms with E-state index in [-0.39, 0.29) is 11.5 Å². The molecule has 0 aliphatic rings. The molecule has 0 spiro atoms. The predicted molar refractivity (Wildman–Crippen MR) is 94.4 cm³/mol. The summed E-state index contributed by atoms with van der Waals surface area (Å²) in [4.78, 5) is 18.2. The fraction of sp³-hybridized carbons (Fsp3) is 0.412. The fourth-order valence-corrected chi connectivity index (χ4v) is 2.79. The molecule has 3 heterocycles. The van der Waals surface area contributed by atoms with Crippen molar-refractivity contribution in [1.29, 1.82) is 5.26 Å². The molecule has 25 heavy (non-hydrogen) atoms. The minimum atomic E-state index is -0.207. The first-order valence-electron chi connectivity index (χ1n) is 8.14. The van der Waals surface area contributed by atoms with E-state index in [1.807, 2.05) is 38.8 Å². The van der Waals surface area contributed by atoms with E-state index < -0.39 is 0 Å². The number of hydrogen-bond acceptors (Lipinski definition) is 5. The molecule has 3 aromatic heterocycles. The summed E-state index contributed by atoms with van der Waals surface area (Å²) in [6.07, 6.45) is 5.06.